The highest BCUT2D eigenvalue weighted by atomic mass is 16.5. The van der Waals surface area contributed by atoms with E-state index in [4.69, 9.17) is 9.15 Å². The third-order valence-electron chi connectivity index (χ3n) is 3.54. The Kier molecular flexibility index (Phi) is 4.16. The molecule has 0 radical (unpaired) electrons. The number of furan rings is 1. The number of fused-ring (bicyclic) bond motifs is 1. The van der Waals surface area contributed by atoms with Crippen molar-refractivity contribution >= 4 is 22.9 Å². The Morgan fingerprint density at radius 1 is 1.12 bits per heavy atom. The lowest BCUT2D eigenvalue weighted by atomic mass is 9.97. The molecule has 24 heavy (non-hydrogen) atoms. The molecule has 3 aromatic rings. The van der Waals surface area contributed by atoms with Crippen molar-refractivity contribution in [3.8, 4) is 11.1 Å². The van der Waals surface area contributed by atoms with E-state index in [9.17, 15) is 14.7 Å². The van der Waals surface area contributed by atoms with Crippen LogP contribution in [-0.2, 0) is 4.74 Å². The standard InChI is InChI=1S/C19H14O5/c1-2-11-23-19(22)13-8-4-3-7-12(13)16-14-9-5-6-10-15(14)24-17(16)18(20)21/h2-10H,1,11H2,(H,20,21). The molecule has 0 unspecified atom stereocenters. The Bertz CT molecular complexity index is 936. The first kappa shape index (κ1) is 15.6. The molecular weight excluding hydrogens is 308 g/mol. The van der Waals surface area contributed by atoms with Crippen molar-refractivity contribution < 1.29 is 23.8 Å². The Hall–Kier alpha value is -3.34. The summed E-state index contributed by atoms with van der Waals surface area (Å²) >= 11 is 0. The monoisotopic (exact) mass is 322 g/mol. The zero-order valence-electron chi connectivity index (χ0n) is 12.7. The number of carbonyl (C=O) groups is 2. The van der Waals surface area contributed by atoms with Crippen molar-refractivity contribution in [1.29, 1.82) is 0 Å². The molecule has 3 rings (SSSR count). The maximum atomic E-state index is 12.3. The number of hydrogen-bond acceptors (Lipinski definition) is 4. The number of aromatic carboxylic acids is 1. The minimum Gasteiger partial charge on any atom is -0.475 e. The summed E-state index contributed by atoms with van der Waals surface area (Å²) in [6.45, 7) is 3.58. The molecule has 0 saturated heterocycles. The second-order valence-electron chi connectivity index (χ2n) is 5.04. The van der Waals surface area contributed by atoms with Crippen LogP contribution in [0.5, 0.6) is 0 Å². The lowest BCUT2D eigenvalue weighted by Gasteiger charge is -2.08. The molecular formula is C19H14O5. The Morgan fingerprint density at radius 3 is 2.58 bits per heavy atom. The van der Waals surface area contributed by atoms with Gasteiger partial charge in [-0.25, -0.2) is 9.59 Å². The number of rotatable bonds is 5. The van der Waals surface area contributed by atoms with Gasteiger partial charge >= 0.3 is 11.9 Å². The lowest BCUT2D eigenvalue weighted by molar-refractivity contribution is 0.0549. The highest BCUT2D eigenvalue weighted by Crippen LogP contribution is 2.36. The highest BCUT2D eigenvalue weighted by molar-refractivity contribution is 6.09. The van der Waals surface area contributed by atoms with Crippen molar-refractivity contribution in [2.75, 3.05) is 6.61 Å². The molecule has 0 saturated carbocycles. The highest BCUT2D eigenvalue weighted by Gasteiger charge is 2.25. The number of carboxylic acids is 1. The van der Waals surface area contributed by atoms with E-state index >= 15 is 0 Å². The molecule has 120 valence electrons. The van der Waals surface area contributed by atoms with Crippen LogP contribution in [0.25, 0.3) is 22.1 Å². The van der Waals surface area contributed by atoms with Crippen molar-refractivity contribution in [3.63, 3.8) is 0 Å². The quantitative estimate of drug-likeness (QED) is 0.564. The van der Waals surface area contributed by atoms with Crippen LogP contribution in [0.1, 0.15) is 20.9 Å². The first-order valence-corrected chi connectivity index (χ1v) is 7.25. The Balaban J connectivity index is 2.25. The van der Waals surface area contributed by atoms with Crippen molar-refractivity contribution in [3.05, 3.63) is 72.5 Å². The molecule has 0 bridgehead atoms. The van der Waals surface area contributed by atoms with E-state index in [0.717, 1.165) is 0 Å². The smallest absolute Gasteiger partial charge is 0.372 e. The molecule has 0 aliphatic carbocycles. The summed E-state index contributed by atoms with van der Waals surface area (Å²) in [5, 5.41) is 10.1. The number of benzene rings is 2. The maximum Gasteiger partial charge on any atom is 0.372 e. The van der Waals surface area contributed by atoms with Gasteiger partial charge in [-0.2, -0.15) is 0 Å². The third kappa shape index (κ3) is 2.67. The summed E-state index contributed by atoms with van der Waals surface area (Å²) in [6.07, 6.45) is 1.47. The largest absolute Gasteiger partial charge is 0.475 e. The fourth-order valence-electron chi connectivity index (χ4n) is 2.55. The van der Waals surface area contributed by atoms with Gasteiger partial charge in [-0.15, -0.1) is 0 Å². The van der Waals surface area contributed by atoms with Crippen molar-refractivity contribution in [2.45, 2.75) is 0 Å². The summed E-state index contributed by atoms with van der Waals surface area (Å²) in [4.78, 5) is 23.9. The summed E-state index contributed by atoms with van der Waals surface area (Å²) < 4.78 is 10.6. The van der Waals surface area contributed by atoms with Crippen LogP contribution < -0.4 is 0 Å². The van der Waals surface area contributed by atoms with Crippen LogP contribution in [0.4, 0.5) is 0 Å². The molecule has 2 aromatic carbocycles. The number of carboxylic acid groups (broad SMARTS) is 1. The second kappa shape index (κ2) is 6.42. The van der Waals surface area contributed by atoms with Gasteiger partial charge in [0.2, 0.25) is 5.76 Å². The van der Waals surface area contributed by atoms with E-state index in [1.54, 1.807) is 48.5 Å². The minimum atomic E-state index is -1.20. The van der Waals surface area contributed by atoms with Crippen LogP contribution in [0.2, 0.25) is 0 Å². The van der Waals surface area contributed by atoms with Crippen LogP contribution in [0, 0.1) is 0 Å². The van der Waals surface area contributed by atoms with Gasteiger partial charge in [-0.3, -0.25) is 0 Å². The number of esters is 1. The van der Waals surface area contributed by atoms with Gasteiger partial charge in [0.05, 0.1) is 5.56 Å². The summed E-state index contributed by atoms with van der Waals surface area (Å²) in [7, 11) is 0. The van der Waals surface area contributed by atoms with Gasteiger partial charge in [-0.05, 0) is 12.1 Å². The van der Waals surface area contributed by atoms with Gasteiger partial charge in [0.25, 0.3) is 0 Å². The Morgan fingerprint density at radius 2 is 1.83 bits per heavy atom. The molecule has 1 aromatic heterocycles. The van der Waals surface area contributed by atoms with Crippen LogP contribution in [0.15, 0.2) is 65.6 Å². The number of para-hydroxylation sites is 1. The molecule has 1 N–H and O–H groups in total. The molecule has 5 heteroatoms. The van der Waals surface area contributed by atoms with Gasteiger partial charge in [0.15, 0.2) is 0 Å². The average Bonchev–Trinajstić information content (AvgIpc) is 2.99. The van der Waals surface area contributed by atoms with Crippen LogP contribution >= 0.6 is 0 Å². The zero-order valence-corrected chi connectivity index (χ0v) is 12.7. The van der Waals surface area contributed by atoms with E-state index < -0.39 is 11.9 Å². The van der Waals surface area contributed by atoms with E-state index in [0.29, 0.717) is 22.1 Å². The average molecular weight is 322 g/mol. The normalized spacial score (nSPS) is 10.5. The molecule has 0 amide bonds. The van der Waals surface area contributed by atoms with Crippen LogP contribution in [-0.4, -0.2) is 23.7 Å². The van der Waals surface area contributed by atoms with Gasteiger partial charge in [-0.1, -0.05) is 49.1 Å². The molecule has 1 heterocycles. The summed E-state index contributed by atoms with van der Waals surface area (Å²) in [5.74, 6) is -1.96. The van der Waals surface area contributed by atoms with Crippen molar-refractivity contribution in [1.82, 2.24) is 0 Å². The molecule has 0 atom stereocenters. The first-order chi connectivity index (χ1) is 11.6. The van der Waals surface area contributed by atoms with Gasteiger partial charge in [0.1, 0.15) is 12.2 Å². The number of ether oxygens (including phenoxy) is 1. The topological polar surface area (TPSA) is 76.7 Å². The van der Waals surface area contributed by atoms with E-state index in [2.05, 4.69) is 6.58 Å². The van der Waals surface area contributed by atoms with Gasteiger partial charge in [0, 0.05) is 16.5 Å². The molecule has 5 nitrogen and oxygen atoms in total. The zero-order chi connectivity index (χ0) is 17.1. The predicted octanol–water partition coefficient (Wildman–Crippen LogP) is 4.14. The molecule has 0 aliphatic heterocycles. The van der Waals surface area contributed by atoms with E-state index in [1.807, 2.05) is 0 Å². The maximum absolute atomic E-state index is 12.3. The Labute approximate surface area is 137 Å². The second-order valence-corrected chi connectivity index (χ2v) is 5.04. The third-order valence-corrected chi connectivity index (χ3v) is 3.54. The van der Waals surface area contributed by atoms with Gasteiger partial charge < -0.3 is 14.3 Å². The summed E-state index contributed by atoms with van der Waals surface area (Å²) in [5.41, 5.74) is 1.53. The fourth-order valence-corrected chi connectivity index (χ4v) is 2.55. The molecule has 0 aliphatic rings. The molecule has 0 fully saturated rings. The van der Waals surface area contributed by atoms with E-state index in [1.165, 1.54) is 6.08 Å². The SMILES string of the molecule is C=CCOC(=O)c1ccccc1-c1c(C(=O)O)oc2ccccc12. The molecule has 0 spiro atoms. The van der Waals surface area contributed by atoms with Crippen molar-refractivity contribution in [2.24, 2.45) is 0 Å². The van der Waals surface area contributed by atoms with E-state index in [-0.39, 0.29) is 17.9 Å². The fraction of sp³-hybridized carbons (Fsp3) is 0.0526. The number of carbonyl (C=O) groups excluding carboxylic acids is 1. The summed E-state index contributed by atoms with van der Waals surface area (Å²) in [6, 6.07) is 13.7. The number of hydrogen-bond donors (Lipinski definition) is 1. The minimum absolute atomic E-state index is 0.0745. The lowest BCUT2D eigenvalue weighted by Crippen LogP contribution is -2.07. The van der Waals surface area contributed by atoms with Crippen LogP contribution in [0.3, 0.4) is 0 Å². The predicted molar refractivity (Wildman–Crippen MR) is 89.1 cm³/mol. The first-order valence-electron chi connectivity index (χ1n) is 7.25.